The Bertz CT molecular complexity index is 711. The monoisotopic (exact) mass is 345 g/mol. The lowest BCUT2D eigenvalue weighted by molar-refractivity contribution is 0.0954. The van der Waals surface area contributed by atoms with E-state index in [1.54, 1.807) is 0 Å². The van der Waals surface area contributed by atoms with Gasteiger partial charge in [0.25, 0.3) is 5.91 Å². The SMILES string of the molecule is Cc1cc(C)cc(NC(=S)NCCNC(=O)c2ccc(F)cc2)c1. The zero-order valence-electron chi connectivity index (χ0n) is 13.7. The maximum absolute atomic E-state index is 12.8. The van der Waals surface area contributed by atoms with E-state index in [1.165, 1.54) is 24.3 Å². The van der Waals surface area contributed by atoms with Crippen LogP contribution in [0, 0.1) is 19.7 Å². The molecule has 0 saturated heterocycles. The minimum Gasteiger partial charge on any atom is -0.361 e. The van der Waals surface area contributed by atoms with Crippen molar-refractivity contribution in [2.24, 2.45) is 0 Å². The highest BCUT2D eigenvalue weighted by Crippen LogP contribution is 2.13. The molecular formula is C18H20FN3OS. The zero-order valence-corrected chi connectivity index (χ0v) is 14.5. The Hall–Kier alpha value is -2.47. The number of thiocarbonyl (C=S) groups is 1. The van der Waals surface area contributed by atoms with E-state index >= 15 is 0 Å². The Balaban J connectivity index is 1.72. The van der Waals surface area contributed by atoms with E-state index in [0.29, 0.717) is 23.8 Å². The molecule has 0 atom stereocenters. The average molecular weight is 345 g/mol. The Morgan fingerprint density at radius 1 is 1.00 bits per heavy atom. The molecule has 2 rings (SSSR count). The van der Waals surface area contributed by atoms with Gasteiger partial charge in [-0.25, -0.2) is 4.39 Å². The Labute approximate surface area is 146 Å². The van der Waals surface area contributed by atoms with Gasteiger partial charge in [-0.15, -0.1) is 0 Å². The molecule has 3 N–H and O–H groups in total. The molecule has 0 fully saturated rings. The topological polar surface area (TPSA) is 53.2 Å². The standard InChI is InChI=1S/C18H20FN3OS/c1-12-9-13(2)11-16(10-12)22-18(24)21-8-7-20-17(23)14-3-5-15(19)6-4-14/h3-6,9-11H,7-8H2,1-2H3,(H,20,23)(H2,21,22,24). The summed E-state index contributed by atoms with van der Waals surface area (Å²) < 4.78 is 12.8. The molecule has 0 spiro atoms. The molecule has 126 valence electrons. The zero-order chi connectivity index (χ0) is 17.5. The van der Waals surface area contributed by atoms with Crippen LogP contribution < -0.4 is 16.0 Å². The first-order valence-corrected chi connectivity index (χ1v) is 8.02. The third kappa shape index (κ3) is 5.62. The molecule has 0 radical (unpaired) electrons. The summed E-state index contributed by atoms with van der Waals surface area (Å²) in [7, 11) is 0. The van der Waals surface area contributed by atoms with Crippen molar-refractivity contribution in [2.75, 3.05) is 18.4 Å². The van der Waals surface area contributed by atoms with Crippen molar-refractivity contribution in [1.82, 2.24) is 10.6 Å². The summed E-state index contributed by atoms with van der Waals surface area (Å²) in [4.78, 5) is 11.9. The molecule has 0 bridgehead atoms. The summed E-state index contributed by atoms with van der Waals surface area (Å²) in [5.41, 5.74) is 3.67. The van der Waals surface area contributed by atoms with Crippen LogP contribution in [0.3, 0.4) is 0 Å². The van der Waals surface area contributed by atoms with Gasteiger partial charge >= 0.3 is 0 Å². The van der Waals surface area contributed by atoms with E-state index in [-0.39, 0.29) is 11.7 Å². The molecule has 0 heterocycles. The lowest BCUT2D eigenvalue weighted by atomic mass is 10.1. The van der Waals surface area contributed by atoms with Crippen molar-refractivity contribution >= 4 is 28.9 Å². The van der Waals surface area contributed by atoms with Gasteiger partial charge in [0.1, 0.15) is 5.82 Å². The fraction of sp³-hybridized carbons (Fsp3) is 0.222. The number of nitrogens with one attached hydrogen (secondary N) is 3. The molecule has 4 nitrogen and oxygen atoms in total. The van der Waals surface area contributed by atoms with Crippen molar-refractivity contribution in [2.45, 2.75) is 13.8 Å². The van der Waals surface area contributed by atoms with Gasteiger partial charge in [0.05, 0.1) is 0 Å². The molecule has 24 heavy (non-hydrogen) atoms. The highest BCUT2D eigenvalue weighted by atomic mass is 32.1. The largest absolute Gasteiger partial charge is 0.361 e. The number of hydrogen-bond acceptors (Lipinski definition) is 2. The van der Waals surface area contributed by atoms with E-state index in [4.69, 9.17) is 12.2 Å². The summed E-state index contributed by atoms with van der Waals surface area (Å²) >= 11 is 5.23. The van der Waals surface area contributed by atoms with Gasteiger partial charge in [0.15, 0.2) is 5.11 Å². The fourth-order valence-electron chi connectivity index (χ4n) is 2.28. The number of rotatable bonds is 5. The number of benzene rings is 2. The summed E-state index contributed by atoms with van der Waals surface area (Å²) in [6.07, 6.45) is 0. The van der Waals surface area contributed by atoms with Crippen LogP contribution in [-0.4, -0.2) is 24.1 Å². The minimum atomic E-state index is -0.365. The molecule has 0 aliphatic rings. The summed E-state index contributed by atoms with van der Waals surface area (Å²) in [6, 6.07) is 11.5. The van der Waals surface area contributed by atoms with Crippen molar-refractivity contribution < 1.29 is 9.18 Å². The van der Waals surface area contributed by atoms with E-state index < -0.39 is 0 Å². The highest BCUT2D eigenvalue weighted by molar-refractivity contribution is 7.80. The quantitative estimate of drug-likeness (QED) is 0.576. The van der Waals surface area contributed by atoms with E-state index in [1.807, 2.05) is 26.0 Å². The third-order valence-corrected chi connectivity index (χ3v) is 3.53. The molecule has 0 aromatic heterocycles. The van der Waals surface area contributed by atoms with E-state index in [9.17, 15) is 9.18 Å². The second-order valence-electron chi connectivity index (χ2n) is 5.52. The molecular weight excluding hydrogens is 325 g/mol. The average Bonchev–Trinajstić information content (AvgIpc) is 2.51. The van der Waals surface area contributed by atoms with Crippen molar-refractivity contribution in [1.29, 1.82) is 0 Å². The van der Waals surface area contributed by atoms with Gasteiger partial charge in [-0.05, 0) is 73.6 Å². The minimum absolute atomic E-state index is 0.245. The molecule has 0 saturated carbocycles. The van der Waals surface area contributed by atoms with Crippen molar-refractivity contribution in [3.05, 3.63) is 65.0 Å². The molecule has 6 heteroatoms. The van der Waals surface area contributed by atoms with Crippen molar-refractivity contribution in [3.63, 3.8) is 0 Å². The second-order valence-corrected chi connectivity index (χ2v) is 5.93. The second kappa shape index (κ2) is 8.40. The van der Waals surface area contributed by atoms with Gasteiger partial charge in [-0.1, -0.05) is 6.07 Å². The van der Waals surface area contributed by atoms with Crippen LogP contribution in [0.15, 0.2) is 42.5 Å². The Morgan fingerprint density at radius 2 is 1.58 bits per heavy atom. The smallest absolute Gasteiger partial charge is 0.251 e. The van der Waals surface area contributed by atoms with Crippen LogP contribution in [0.2, 0.25) is 0 Å². The number of anilines is 1. The third-order valence-electron chi connectivity index (χ3n) is 3.28. The maximum atomic E-state index is 12.8. The lowest BCUT2D eigenvalue weighted by Crippen LogP contribution is -2.36. The van der Waals surface area contributed by atoms with E-state index in [2.05, 4.69) is 22.0 Å². The number of amides is 1. The van der Waals surface area contributed by atoms with Crippen LogP contribution in [0.5, 0.6) is 0 Å². The number of halogens is 1. The molecule has 0 aliphatic heterocycles. The van der Waals surface area contributed by atoms with Crippen LogP contribution in [-0.2, 0) is 0 Å². The van der Waals surface area contributed by atoms with Crippen LogP contribution in [0.25, 0.3) is 0 Å². The number of carbonyl (C=O) groups excluding carboxylic acids is 1. The number of hydrogen-bond donors (Lipinski definition) is 3. The maximum Gasteiger partial charge on any atom is 0.251 e. The first-order valence-electron chi connectivity index (χ1n) is 7.61. The van der Waals surface area contributed by atoms with Crippen molar-refractivity contribution in [3.8, 4) is 0 Å². The molecule has 1 amide bonds. The Kier molecular flexibility index (Phi) is 6.26. The van der Waals surface area contributed by atoms with Crippen LogP contribution >= 0.6 is 12.2 Å². The summed E-state index contributed by atoms with van der Waals surface area (Å²) in [5.74, 6) is -0.610. The molecule has 0 unspecified atom stereocenters. The van der Waals surface area contributed by atoms with Gasteiger partial charge < -0.3 is 16.0 Å². The molecule has 2 aromatic rings. The first kappa shape index (κ1) is 17.9. The van der Waals surface area contributed by atoms with Crippen LogP contribution in [0.4, 0.5) is 10.1 Å². The summed E-state index contributed by atoms with van der Waals surface area (Å²) in [6.45, 7) is 4.95. The predicted molar refractivity (Wildman–Crippen MR) is 98.9 cm³/mol. The van der Waals surface area contributed by atoms with E-state index in [0.717, 1.165) is 16.8 Å². The Morgan fingerprint density at radius 3 is 2.21 bits per heavy atom. The molecule has 2 aromatic carbocycles. The lowest BCUT2D eigenvalue weighted by Gasteiger charge is -2.12. The summed E-state index contributed by atoms with van der Waals surface area (Å²) in [5, 5.41) is 9.39. The van der Waals surface area contributed by atoms with Crippen LogP contribution in [0.1, 0.15) is 21.5 Å². The number of aryl methyl sites for hydroxylation is 2. The first-order chi connectivity index (χ1) is 11.4. The van der Waals surface area contributed by atoms with Gasteiger partial charge in [0.2, 0.25) is 0 Å². The molecule has 0 aliphatic carbocycles. The predicted octanol–water partition coefficient (Wildman–Crippen LogP) is 3.16. The fourth-order valence-corrected chi connectivity index (χ4v) is 2.50. The highest BCUT2D eigenvalue weighted by Gasteiger charge is 2.05. The van der Waals surface area contributed by atoms with Gasteiger partial charge in [0, 0.05) is 24.3 Å². The van der Waals surface area contributed by atoms with Gasteiger partial charge in [-0.3, -0.25) is 4.79 Å². The van der Waals surface area contributed by atoms with Gasteiger partial charge in [-0.2, -0.15) is 0 Å². The number of carbonyl (C=O) groups is 1. The normalized spacial score (nSPS) is 10.1.